The quantitative estimate of drug-likeness (QED) is 0.241. The summed E-state index contributed by atoms with van der Waals surface area (Å²) in [4.78, 5) is 22.9. The van der Waals surface area contributed by atoms with Crippen LogP contribution in [0.1, 0.15) is 40.8 Å². The van der Waals surface area contributed by atoms with E-state index in [2.05, 4.69) is 0 Å². The van der Waals surface area contributed by atoms with Gasteiger partial charge in [0.25, 0.3) is 0 Å². The number of aliphatic carboxylic acids is 1. The third-order valence-corrected chi connectivity index (χ3v) is 5.82. The van der Waals surface area contributed by atoms with Crippen LogP contribution in [-0.4, -0.2) is 17.0 Å². The van der Waals surface area contributed by atoms with Crippen LogP contribution >= 0.6 is 23.2 Å². The number of carboxylic acids is 1. The Morgan fingerprint density at radius 1 is 0.943 bits per heavy atom. The lowest BCUT2D eigenvalue weighted by atomic mass is 10.0. The zero-order valence-corrected chi connectivity index (χ0v) is 20.7. The summed E-state index contributed by atoms with van der Waals surface area (Å²) in [7, 11) is 0. The highest BCUT2D eigenvalue weighted by Gasteiger charge is 2.19. The van der Waals surface area contributed by atoms with Crippen LogP contribution in [0.25, 0.3) is 12.2 Å². The number of hydrogen-bond donors (Lipinski definition) is 1. The minimum absolute atomic E-state index is 0.135. The average Bonchev–Trinajstić information content (AvgIpc) is 2.81. The van der Waals surface area contributed by atoms with Crippen LogP contribution in [0, 0.1) is 6.92 Å². The van der Waals surface area contributed by atoms with Crippen molar-refractivity contribution in [1.29, 1.82) is 0 Å². The van der Waals surface area contributed by atoms with Crippen molar-refractivity contribution < 1.29 is 24.2 Å². The molecule has 0 spiro atoms. The number of hydrogen-bond acceptors (Lipinski definition) is 4. The van der Waals surface area contributed by atoms with Crippen molar-refractivity contribution in [3.63, 3.8) is 0 Å². The van der Waals surface area contributed by atoms with Gasteiger partial charge in [-0.1, -0.05) is 77.8 Å². The summed E-state index contributed by atoms with van der Waals surface area (Å²) in [5.41, 5.74) is 3.63. The van der Waals surface area contributed by atoms with Gasteiger partial charge in [-0.15, -0.1) is 0 Å². The fraction of sp³-hybridized carbons (Fsp3) is 0.143. The van der Waals surface area contributed by atoms with Crippen molar-refractivity contribution in [1.82, 2.24) is 0 Å². The third kappa shape index (κ3) is 7.22. The van der Waals surface area contributed by atoms with E-state index in [1.807, 2.05) is 43.3 Å². The van der Waals surface area contributed by atoms with Gasteiger partial charge in [-0.2, -0.15) is 0 Å². The molecule has 35 heavy (non-hydrogen) atoms. The lowest BCUT2D eigenvalue weighted by molar-refractivity contribution is -0.144. The van der Waals surface area contributed by atoms with Gasteiger partial charge < -0.3 is 14.6 Å². The third-order valence-electron chi connectivity index (χ3n) is 5.12. The van der Waals surface area contributed by atoms with Crippen LogP contribution in [0.3, 0.4) is 0 Å². The van der Waals surface area contributed by atoms with Gasteiger partial charge in [0.2, 0.25) is 0 Å². The smallest absolute Gasteiger partial charge is 0.328 e. The first-order valence-electron chi connectivity index (χ1n) is 10.8. The van der Waals surface area contributed by atoms with Crippen LogP contribution < -0.4 is 4.74 Å². The van der Waals surface area contributed by atoms with Crippen molar-refractivity contribution >= 4 is 47.3 Å². The molecule has 180 valence electrons. The van der Waals surface area contributed by atoms with Crippen molar-refractivity contribution in [3.8, 4) is 5.75 Å². The number of carbonyl (C=O) groups is 2. The van der Waals surface area contributed by atoms with Gasteiger partial charge in [0.1, 0.15) is 18.5 Å². The van der Waals surface area contributed by atoms with E-state index in [-0.39, 0.29) is 6.61 Å². The number of carbonyl (C=O) groups excluding carboxylic acids is 1. The van der Waals surface area contributed by atoms with Gasteiger partial charge in [0.05, 0.1) is 0 Å². The monoisotopic (exact) mass is 510 g/mol. The zero-order chi connectivity index (χ0) is 25.4. The molecule has 1 unspecified atom stereocenters. The molecule has 0 aliphatic rings. The fourth-order valence-corrected chi connectivity index (χ4v) is 3.97. The molecule has 0 aliphatic heterocycles. The van der Waals surface area contributed by atoms with Crippen LogP contribution in [0.2, 0.25) is 10.0 Å². The standard InChI is InChI=1S/C28H24Cl2O5/c1-18-7-5-10-22(28(18)34-17-23-24(29)11-6-12-25(23)30)26(35-19(2)31)15-13-20-8-3-4-9-21(20)14-16-27(32)33/h3-16,26H,17H2,1-2H3,(H,32,33). The highest BCUT2D eigenvalue weighted by atomic mass is 35.5. The molecule has 0 saturated heterocycles. The Balaban J connectivity index is 1.97. The van der Waals surface area contributed by atoms with Crippen molar-refractivity contribution in [2.75, 3.05) is 0 Å². The summed E-state index contributed by atoms with van der Waals surface area (Å²) in [5.74, 6) is -0.944. The summed E-state index contributed by atoms with van der Waals surface area (Å²) in [5, 5.41) is 9.95. The zero-order valence-electron chi connectivity index (χ0n) is 19.2. The summed E-state index contributed by atoms with van der Waals surface area (Å²) in [6.45, 7) is 3.37. The summed E-state index contributed by atoms with van der Waals surface area (Å²) < 4.78 is 11.8. The minimum atomic E-state index is -1.04. The van der Waals surface area contributed by atoms with E-state index in [4.69, 9.17) is 37.8 Å². The van der Waals surface area contributed by atoms with Crippen LogP contribution in [0.15, 0.2) is 72.8 Å². The molecule has 0 fully saturated rings. The van der Waals surface area contributed by atoms with Gasteiger partial charge >= 0.3 is 11.9 Å². The molecule has 1 atom stereocenters. The fourth-order valence-electron chi connectivity index (χ4n) is 3.46. The predicted molar refractivity (Wildman–Crippen MR) is 139 cm³/mol. The van der Waals surface area contributed by atoms with E-state index >= 15 is 0 Å². The lowest BCUT2D eigenvalue weighted by Crippen LogP contribution is -2.10. The Morgan fingerprint density at radius 3 is 2.20 bits per heavy atom. The first-order valence-corrected chi connectivity index (χ1v) is 11.5. The molecule has 0 radical (unpaired) electrons. The topological polar surface area (TPSA) is 72.8 Å². The molecule has 1 N–H and O–H groups in total. The van der Waals surface area contributed by atoms with Crippen molar-refractivity contribution in [2.45, 2.75) is 26.6 Å². The second-order valence-electron chi connectivity index (χ2n) is 7.67. The maximum absolute atomic E-state index is 11.9. The van der Waals surface area contributed by atoms with E-state index in [0.29, 0.717) is 32.5 Å². The summed E-state index contributed by atoms with van der Waals surface area (Å²) >= 11 is 12.6. The van der Waals surface area contributed by atoms with Gasteiger partial charge in [-0.05, 0) is 47.9 Å². The molecule has 5 nitrogen and oxygen atoms in total. The number of halogens is 2. The normalized spacial score (nSPS) is 12.1. The largest absolute Gasteiger partial charge is 0.488 e. The molecule has 0 aliphatic carbocycles. The van der Waals surface area contributed by atoms with Gasteiger partial charge in [-0.25, -0.2) is 4.79 Å². The van der Waals surface area contributed by atoms with Gasteiger partial charge in [0, 0.05) is 34.2 Å². The highest BCUT2D eigenvalue weighted by molar-refractivity contribution is 6.35. The van der Waals surface area contributed by atoms with E-state index in [1.54, 1.807) is 36.4 Å². The molecule has 0 bridgehead atoms. The molecular formula is C28H24Cl2O5. The second kappa shape index (κ2) is 12.2. The Bertz CT molecular complexity index is 1260. The molecule has 0 amide bonds. The SMILES string of the molecule is CC(=O)OC(C=Cc1ccccc1C=CC(=O)O)c1cccc(C)c1OCc1c(Cl)cccc1Cl. The van der Waals surface area contributed by atoms with Gasteiger partial charge in [0.15, 0.2) is 0 Å². The van der Waals surface area contributed by atoms with Crippen LogP contribution in [0.5, 0.6) is 5.75 Å². The van der Waals surface area contributed by atoms with Crippen LogP contribution in [-0.2, 0) is 20.9 Å². The molecule has 7 heteroatoms. The first-order chi connectivity index (χ1) is 16.8. The Labute approximate surface area is 214 Å². The number of esters is 1. The second-order valence-corrected chi connectivity index (χ2v) is 8.49. The van der Waals surface area contributed by atoms with E-state index in [9.17, 15) is 9.59 Å². The van der Waals surface area contributed by atoms with Crippen molar-refractivity contribution in [2.24, 2.45) is 0 Å². The molecule has 3 aromatic rings. The first kappa shape index (κ1) is 26.1. The Kier molecular flexibility index (Phi) is 9.12. The predicted octanol–water partition coefficient (Wildman–Crippen LogP) is 7.30. The maximum Gasteiger partial charge on any atom is 0.328 e. The van der Waals surface area contributed by atoms with E-state index in [0.717, 1.165) is 17.2 Å². The number of rotatable bonds is 9. The highest BCUT2D eigenvalue weighted by Crippen LogP contribution is 2.34. The summed E-state index contributed by atoms with van der Waals surface area (Å²) in [6.07, 6.45) is 5.35. The van der Waals surface area contributed by atoms with E-state index in [1.165, 1.54) is 13.0 Å². The molecule has 3 aromatic carbocycles. The number of para-hydroxylation sites is 1. The van der Waals surface area contributed by atoms with Crippen molar-refractivity contribution in [3.05, 3.63) is 111 Å². The maximum atomic E-state index is 11.9. The Morgan fingerprint density at radius 2 is 1.57 bits per heavy atom. The minimum Gasteiger partial charge on any atom is -0.488 e. The number of benzene rings is 3. The molecule has 0 aromatic heterocycles. The van der Waals surface area contributed by atoms with Gasteiger partial charge in [-0.3, -0.25) is 4.79 Å². The van der Waals surface area contributed by atoms with Crippen LogP contribution in [0.4, 0.5) is 0 Å². The molecule has 0 heterocycles. The lowest BCUT2D eigenvalue weighted by Gasteiger charge is -2.20. The number of ether oxygens (including phenoxy) is 2. The average molecular weight is 511 g/mol. The molecular weight excluding hydrogens is 487 g/mol. The number of aryl methyl sites for hydroxylation is 1. The Hall–Kier alpha value is -3.54. The molecule has 3 rings (SSSR count). The van der Waals surface area contributed by atoms with E-state index < -0.39 is 18.0 Å². The molecule has 0 saturated carbocycles. The summed E-state index contributed by atoms with van der Waals surface area (Å²) in [6, 6.07) is 18.1. The number of carboxylic acid groups (broad SMARTS) is 1.